The number of amides is 1. The zero-order valence-corrected chi connectivity index (χ0v) is 19.7. The first-order valence-corrected chi connectivity index (χ1v) is 12.1. The van der Waals surface area contributed by atoms with Crippen molar-refractivity contribution >= 4 is 29.2 Å². The lowest BCUT2D eigenvalue weighted by Gasteiger charge is -2.25. The molecule has 4 aromatic rings. The standard InChI is InChI=1S/C26H26N8O2/c35-24(19-1-2-19)29-20-5-3-18(4-6-20)23-11-12-27-25(31-23)30-21-7-9-22(10-8-21)34-17-28-26(32-34)33-13-15-36-16-14-33/h3-12,17,19H,1-2,13-16H2,(H,29,35)(H,27,30,31). The van der Waals surface area contributed by atoms with E-state index in [0.29, 0.717) is 25.1 Å². The van der Waals surface area contributed by atoms with Gasteiger partial charge in [-0.15, -0.1) is 5.10 Å². The first-order valence-electron chi connectivity index (χ1n) is 12.1. The van der Waals surface area contributed by atoms with E-state index in [-0.39, 0.29) is 11.8 Å². The molecule has 36 heavy (non-hydrogen) atoms. The summed E-state index contributed by atoms with van der Waals surface area (Å²) in [5.41, 5.74) is 4.32. The Morgan fingerprint density at radius 3 is 2.42 bits per heavy atom. The largest absolute Gasteiger partial charge is 0.378 e. The van der Waals surface area contributed by atoms with Gasteiger partial charge in [-0.25, -0.2) is 14.6 Å². The van der Waals surface area contributed by atoms with Gasteiger partial charge in [-0.3, -0.25) is 4.79 Å². The number of ether oxygens (including phenoxy) is 1. The highest BCUT2D eigenvalue weighted by molar-refractivity contribution is 5.94. The van der Waals surface area contributed by atoms with Gasteiger partial charge in [-0.1, -0.05) is 12.1 Å². The Morgan fingerprint density at radius 2 is 1.67 bits per heavy atom. The number of nitrogens with one attached hydrogen (secondary N) is 2. The lowest BCUT2D eigenvalue weighted by molar-refractivity contribution is -0.117. The summed E-state index contributed by atoms with van der Waals surface area (Å²) < 4.78 is 7.16. The van der Waals surface area contributed by atoms with Crippen LogP contribution in [-0.4, -0.2) is 56.9 Å². The monoisotopic (exact) mass is 482 g/mol. The Hall–Kier alpha value is -4.31. The van der Waals surface area contributed by atoms with Crippen LogP contribution in [0, 0.1) is 5.92 Å². The molecular weight excluding hydrogens is 456 g/mol. The molecule has 10 nitrogen and oxygen atoms in total. The van der Waals surface area contributed by atoms with E-state index in [1.54, 1.807) is 17.2 Å². The number of aromatic nitrogens is 5. The summed E-state index contributed by atoms with van der Waals surface area (Å²) in [6.07, 6.45) is 5.42. The smallest absolute Gasteiger partial charge is 0.245 e. The van der Waals surface area contributed by atoms with Gasteiger partial charge in [0.25, 0.3) is 0 Å². The molecule has 3 heterocycles. The van der Waals surface area contributed by atoms with Crippen LogP contribution in [0.4, 0.5) is 23.3 Å². The number of morpholine rings is 1. The van der Waals surface area contributed by atoms with Gasteiger partial charge in [-0.05, 0) is 55.3 Å². The molecule has 0 unspecified atom stereocenters. The average Bonchev–Trinajstić information content (AvgIpc) is 3.67. The molecule has 2 aliphatic rings. The molecule has 1 saturated carbocycles. The lowest BCUT2D eigenvalue weighted by atomic mass is 10.1. The van der Waals surface area contributed by atoms with E-state index in [2.05, 4.69) is 35.6 Å². The Bertz CT molecular complexity index is 1340. The van der Waals surface area contributed by atoms with Crippen molar-refractivity contribution in [3.63, 3.8) is 0 Å². The van der Waals surface area contributed by atoms with E-state index in [1.165, 1.54) is 0 Å². The Morgan fingerprint density at radius 1 is 0.917 bits per heavy atom. The minimum atomic E-state index is 0.101. The molecule has 2 aromatic carbocycles. The van der Waals surface area contributed by atoms with Gasteiger partial charge in [0.15, 0.2) is 0 Å². The maximum Gasteiger partial charge on any atom is 0.245 e. The van der Waals surface area contributed by atoms with E-state index in [0.717, 1.165) is 54.3 Å². The van der Waals surface area contributed by atoms with Gasteiger partial charge in [-0.2, -0.15) is 4.98 Å². The molecule has 0 bridgehead atoms. The maximum atomic E-state index is 12.0. The van der Waals surface area contributed by atoms with Crippen LogP contribution in [0.1, 0.15) is 12.8 Å². The third-order valence-corrected chi connectivity index (χ3v) is 6.21. The molecule has 1 aliphatic carbocycles. The molecule has 0 spiro atoms. The van der Waals surface area contributed by atoms with Gasteiger partial charge in [0.05, 0.1) is 24.6 Å². The number of nitrogens with zero attached hydrogens (tertiary/aromatic N) is 6. The van der Waals surface area contributed by atoms with Gasteiger partial charge >= 0.3 is 0 Å². The molecule has 1 saturated heterocycles. The summed E-state index contributed by atoms with van der Waals surface area (Å²) in [5, 5.41) is 10.8. The Kier molecular flexibility index (Phi) is 6.00. The molecule has 2 aromatic heterocycles. The Balaban J connectivity index is 1.11. The van der Waals surface area contributed by atoms with Crippen molar-refractivity contribution in [3.05, 3.63) is 67.1 Å². The average molecular weight is 483 g/mol. The molecule has 1 aliphatic heterocycles. The highest BCUT2D eigenvalue weighted by atomic mass is 16.5. The van der Waals surface area contributed by atoms with Crippen molar-refractivity contribution in [2.75, 3.05) is 41.8 Å². The number of carbonyl (C=O) groups is 1. The fourth-order valence-electron chi connectivity index (χ4n) is 4.01. The van der Waals surface area contributed by atoms with Crippen molar-refractivity contribution in [1.82, 2.24) is 24.7 Å². The molecule has 10 heteroatoms. The lowest BCUT2D eigenvalue weighted by Crippen LogP contribution is -2.37. The fraction of sp³-hybridized carbons (Fsp3) is 0.269. The topological polar surface area (TPSA) is 110 Å². The van der Waals surface area contributed by atoms with Crippen LogP contribution in [0.15, 0.2) is 67.1 Å². The number of carbonyl (C=O) groups excluding carboxylic acids is 1. The van der Waals surface area contributed by atoms with Gasteiger partial charge in [0, 0.05) is 42.1 Å². The van der Waals surface area contributed by atoms with E-state index < -0.39 is 0 Å². The molecule has 182 valence electrons. The quantitative estimate of drug-likeness (QED) is 0.411. The molecule has 0 radical (unpaired) electrons. The minimum Gasteiger partial charge on any atom is -0.378 e. The molecule has 2 N–H and O–H groups in total. The number of rotatable bonds is 7. The van der Waals surface area contributed by atoms with Crippen LogP contribution in [0.3, 0.4) is 0 Å². The molecule has 1 amide bonds. The fourth-order valence-corrected chi connectivity index (χ4v) is 4.01. The minimum absolute atomic E-state index is 0.101. The van der Waals surface area contributed by atoms with Crippen molar-refractivity contribution in [2.24, 2.45) is 5.92 Å². The van der Waals surface area contributed by atoms with E-state index in [1.807, 2.05) is 54.6 Å². The van der Waals surface area contributed by atoms with Crippen LogP contribution in [0.5, 0.6) is 0 Å². The maximum absolute atomic E-state index is 12.0. The predicted octanol–water partition coefficient (Wildman–Crippen LogP) is 3.65. The zero-order chi connectivity index (χ0) is 24.3. The van der Waals surface area contributed by atoms with Crippen molar-refractivity contribution < 1.29 is 9.53 Å². The summed E-state index contributed by atoms with van der Waals surface area (Å²) in [4.78, 5) is 27.5. The molecule has 6 rings (SSSR count). The van der Waals surface area contributed by atoms with E-state index in [9.17, 15) is 4.79 Å². The van der Waals surface area contributed by atoms with Crippen LogP contribution in [0.2, 0.25) is 0 Å². The number of hydrogen-bond donors (Lipinski definition) is 2. The second-order valence-electron chi connectivity index (χ2n) is 8.87. The Labute approximate surface area is 208 Å². The van der Waals surface area contributed by atoms with E-state index >= 15 is 0 Å². The van der Waals surface area contributed by atoms with Crippen LogP contribution >= 0.6 is 0 Å². The summed E-state index contributed by atoms with van der Waals surface area (Å²) in [7, 11) is 0. The third-order valence-electron chi connectivity index (χ3n) is 6.21. The third kappa shape index (κ3) is 5.03. The molecule has 2 fully saturated rings. The summed E-state index contributed by atoms with van der Waals surface area (Å²) >= 11 is 0. The van der Waals surface area contributed by atoms with Crippen molar-refractivity contribution in [3.8, 4) is 16.9 Å². The van der Waals surface area contributed by atoms with Crippen molar-refractivity contribution in [2.45, 2.75) is 12.8 Å². The number of benzene rings is 2. The number of anilines is 4. The highest BCUT2D eigenvalue weighted by Crippen LogP contribution is 2.30. The number of hydrogen-bond acceptors (Lipinski definition) is 8. The van der Waals surface area contributed by atoms with Gasteiger partial charge in [0.2, 0.25) is 17.8 Å². The highest BCUT2D eigenvalue weighted by Gasteiger charge is 2.29. The van der Waals surface area contributed by atoms with Crippen LogP contribution in [0.25, 0.3) is 16.9 Å². The van der Waals surface area contributed by atoms with Crippen LogP contribution < -0.4 is 15.5 Å². The first-order chi connectivity index (χ1) is 17.7. The summed E-state index contributed by atoms with van der Waals surface area (Å²) in [6.45, 7) is 2.99. The van der Waals surface area contributed by atoms with Gasteiger partial charge < -0.3 is 20.3 Å². The van der Waals surface area contributed by atoms with Crippen LogP contribution in [-0.2, 0) is 9.53 Å². The van der Waals surface area contributed by atoms with Gasteiger partial charge in [0.1, 0.15) is 6.33 Å². The zero-order valence-electron chi connectivity index (χ0n) is 19.7. The molecular formula is C26H26N8O2. The summed E-state index contributed by atoms with van der Waals surface area (Å²) in [5.74, 6) is 1.49. The first kappa shape index (κ1) is 22.2. The SMILES string of the molecule is O=C(Nc1ccc(-c2ccnc(Nc3ccc(-n4cnc(N5CCOCC5)n4)cc3)n2)cc1)C1CC1. The normalized spacial score (nSPS) is 15.5. The second-order valence-corrected chi connectivity index (χ2v) is 8.87. The van der Waals surface area contributed by atoms with E-state index in [4.69, 9.17) is 4.74 Å². The molecule has 0 atom stereocenters. The second kappa shape index (κ2) is 9.74. The van der Waals surface area contributed by atoms with Crippen molar-refractivity contribution in [1.29, 1.82) is 0 Å². The predicted molar refractivity (Wildman–Crippen MR) is 136 cm³/mol. The summed E-state index contributed by atoms with van der Waals surface area (Å²) in [6, 6.07) is 17.4.